The normalized spacial score (nSPS) is 12.8. The van der Waals surface area contributed by atoms with Crippen LogP contribution in [0.5, 0.6) is 0 Å². The Hall–Kier alpha value is -1.55. The van der Waals surface area contributed by atoms with Gasteiger partial charge in [0.25, 0.3) is 0 Å². The van der Waals surface area contributed by atoms with E-state index < -0.39 is 0 Å². The molecule has 1 unspecified atom stereocenters. The highest BCUT2D eigenvalue weighted by atomic mass is 16.3. The highest BCUT2D eigenvalue weighted by Crippen LogP contribution is 2.18. The van der Waals surface area contributed by atoms with Gasteiger partial charge in [-0.15, -0.1) is 0 Å². The third-order valence-corrected chi connectivity index (χ3v) is 3.33. The Kier molecular flexibility index (Phi) is 4.80. The number of hydrogen-bond acceptors (Lipinski definition) is 2. The van der Waals surface area contributed by atoms with Gasteiger partial charge in [0.1, 0.15) is 0 Å². The van der Waals surface area contributed by atoms with Crippen LogP contribution in [0.1, 0.15) is 50.5 Å². The number of rotatable bonds is 7. The molecule has 0 bridgehead atoms. The summed E-state index contributed by atoms with van der Waals surface area (Å²) in [7, 11) is 0. The van der Waals surface area contributed by atoms with E-state index in [1.54, 1.807) is 0 Å². The first kappa shape index (κ1) is 13.9. The van der Waals surface area contributed by atoms with E-state index in [0.29, 0.717) is 0 Å². The second-order valence-corrected chi connectivity index (χ2v) is 5.00. The van der Waals surface area contributed by atoms with E-state index in [1.165, 1.54) is 5.69 Å². The van der Waals surface area contributed by atoms with Gasteiger partial charge in [-0.05, 0) is 24.5 Å². The summed E-state index contributed by atoms with van der Waals surface area (Å²) in [5, 5.41) is 9.97. The Morgan fingerprint density at radius 1 is 1.32 bits per heavy atom. The fourth-order valence-corrected chi connectivity index (χ4v) is 2.30. The summed E-state index contributed by atoms with van der Waals surface area (Å²) in [6.07, 6.45) is 10.4. The lowest BCUT2D eigenvalue weighted by Gasteiger charge is -2.08. The van der Waals surface area contributed by atoms with Crippen molar-refractivity contribution < 1.29 is 5.11 Å². The van der Waals surface area contributed by atoms with Crippen molar-refractivity contribution in [2.75, 3.05) is 0 Å². The van der Waals surface area contributed by atoms with Gasteiger partial charge in [0, 0.05) is 25.1 Å². The molecule has 2 heterocycles. The Bertz CT molecular complexity index is 501. The Labute approximate surface area is 114 Å². The van der Waals surface area contributed by atoms with Crippen molar-refractivity contribution in [2.24, 2.45) is 0 Å². The molecule has 104 valence electrons. The summed E-state index contributed by atoms with van der Waals surface area (Å²) in [6, 6.07) is 2.00. The molecule has 0 saturated carbocycles. The molecule has 4 nitrogen and oxygen atoms in total. The van der Waals surface area contributed by atoms with Gasteiger partial charge in [-0.1, -0.05) is 20.3 Å². The van der Waals surface area contributed by atoms with Crippen LogP contribution in [0.15, 0.2) is 31.0 Å². The van der Waals surface area contributed by atoms with Gasteiger partial charge in [0.15, 0.2) is 0 Å². The van der Waals surface area contributed by atoms with Gasteiger partial charge in [0.2, 0.25) is 0 Å². The molecule has 4 heteroatoms. The Morgan fingerprint density at radius 2 is 2.16 bits per heavy atom. The van der Waals surface area contributed by atoms with Gasteiger partial charge in [0.05, 0.1) is 24.7 Å². The molecule has 0 fully saturated rings. The van der Waals surface area contributed by atoms with Gasteiger partial charge in [-0.3, -0.25) is 0 Å². The molecule has 2 aromatic heterocycles. The number of aliphatic hydroxyl groups excluding tert-OH is 1. The van der Waals surface area contributed by atoms with Gasteiger partial charge >= 0.3 is 0 Å². The van der Waals surface area contributed by atoms with Gasteiger partial charge in [-0.2, -0.15) is 0 Å². The number of aliphatic hydroxyl groups is 1. The van der Waals surface area contributed by atoms with Crippen LogP contribution >= 0.6 is 0 Å². The van der Waals surface area contributed by atoms with E-state index in [0.717, 1.165) is 37.9 Å². The first-order valence-corrected chi connectivity index (χ1v) is 7.07. The average molecular weight is 261 g/mol. The minimum atomic E-state index is -0.341. The standard InChI is InChI=1S/C15H23N3O/c1-3-5-15(19)13-6-8-17(10-13)11-14-9-16-12-18(14)7-4-2/h6,8-10,12,15,19H,3-5,7,11H2,1-2H3. The van der Waals surface area contributed by atoms with E-state index in [2.05, 4.69) is 28.0 Å². The molecule has 0 amide bonds. The largest absolute Gasteiger partial charge is 0.388 e. The van der Waals surface area contributed by atoms with Crippen molar-refractivity contribution in [1.29, 1.82) is 0 Å². The highest BCUT2D eigenvalue weighted by Gasteiger charge is 2.09. The predicted octanol–water partition coefficient (Wildman–Crippen LogP) is 2.98. The molecule has 19 heavy (non-hydrogen) atoms. The predicted molar refractivity (Wildman–Crippen MR) is 75.9 cm³/mol. The summed E-state index contributed by atoms with van der Waals surface area (Å²) in [5.41, 5.74) is 2.21. The SMILES string of the molecule is CCCC(O)c1ccn(Cc2cncn2CCC)c1. The first-order chi connectivity index (χ1) is 9.24. The number of aromatic nitrogens is 3. The zero-order valence-corrected chi connectivity index (χ0v) is 11.8. The van der Waals surface area contributed by atoms with Gasteiger partial charge < -0.3 is 14.2 Å². The molecule has 0 radical (unpaired) electrons. The van der Waals surface area contributed by atoms with Crippen LogP contribution < -0.4 is 0 Å². The summed E-state index contributed by atoms with van der Waals surface area (Å²) in [6.45, 7) is 6.06. The maximum atomic E-state index is 9.97. The fraction of sp³-hybridized carbons (Fsp3) is 0.533. The van der Waals surface area contributed by atoms with Crippen molar-refractivity contribution in [3.63, 3.8) is 0 Å². The van der Waals surface area contributed by atoms with Crippen molar-refractivity contribution in [3.8, 4) is 0 Å². The summed E-state index contributed by atoms with van der Waals surface area (Å²) >= 11 is 0. The highest BCUT2D eigenvalue weighted by molar-refractivity contribution is 5.15. The molecule has 0 aliphatic rings. The molecular weight excluding hydrogens is 238 g/mol. The van der Waals surface area contributed by atoms with E-state index in [1.807, 2.05) is 31.0 Å². The fourth-order valence-electron chi connectivity index (χ4n) is 2.30. The zero-order chi connectivity index (χ0) is 13.7. The molecule has 2 rings (SSSR count). The topological polar surface area (TPSA) is 43.0 Å². The average Bonchev–Trinajstić information content (AvgIpc) is 3.01. The third-order valence-electron chi connectivity index (χ3n) is 3.33. The second-order valence-electron chi connectivity index (χ2n) is 5.00. The van der Waals surface area contributed by atoms with Crippen LogP contribution in [0.25, 0.3) is 0 Å². The molecule has 0 aromatic carbocycles. The minimum Gasteiger partial charge on any atom is -0.388 e. The van der Waals surface area contributed by atoms with Crippen molar-refractivity contribution in [1.82, 2.24) is 14.1 Å². The van der Waals surface area contributed by atoms with Crippen LogP contribution in [0.4, 0.5) is 0 Å². The molecule has 1 N–H and O–H groups in total. The zero-order valence-electron chi connectivity index (χ0n) is 11.8. The molecule has 0 saturated heterocycles. The number of aryl methyl sites for hydroxylation is 1. The number of imidazole rings is 1. The van der Waals surface area contributed by atoms with E-state index in [-0.39, 0.29) is 6.10 Å². The summed E-state index contributed by atoms with van der Waals surface area (Å²) in [4.78, 5) is 4.21. The van der Waals surface area contributed by atoms with E-state index >= 15 is 0 Å². The van der Waals surface area contributed by atoms with E-state index in [4.69, 9.17) is 0 Å². The van der Waals surface area contributed by atoms with E-state index in [9.17, 15) is 5.11 Å². The lowest BCUT2D eigenvalue weighted by molar-refractivity contribution is 0.166. The molecule has 2 aromatic rings. The van der Waals surface area contributed by atoms with Gasteiger partial charge in [-0.25, -0.2) is 4.98 Å². The smallest absolute Gasteiger partial charge is 0.0948 e. The third kappa shape index (κ3) is 3.47. The molecule has 0 aliphatic carbocycles. The summed E-state index contributed by atoms with van der Waals surface area (Å²) < 4.78 is 4.29. The molecule has 1 atom stereocenters. The van der Waals surface area contributed by atoms with Crippen LogP contribution in [0, 0.1) is 0 Å². The Balaban J connectivity index is 2.05. The monoisotopic (exact) mass is 261 g/mol. The lowest BCUT2D eigenvalue weighted by atomic mass is 10.1. The maximum absolute atomic E-state index is 9.97. The first-order valence-electron chi connectivity index (χ1n) is 7.07. The second kappa shape index (κ2) is 6.57. The van der Waals surface area contributed by atoms with Crippen LogP contribution in [-0.2, 0) is 13.1 Å². The van der Waals surface area contributed by atoms with Crippen molar-refractivity contribution >= 4 is 0 Å². The number of nitrogens with zero attached hydrogens (tertiary/aromatic N) is 3. The van der Waals surface area contributed by atoms with Crippen molar-refractivity contribution in [2.45, 2.75) is 52.3 Å². The lowest BCUT2D eigenvalue weighted by Crippen LogP contribution is -2.05. The maximum Gasteiger partial charge on any atom is 0.0948 e. The number of hydrogen-bond donors (Lipinski definition) is 1. The van der Waals surface area contributed by atoms with Crippen LogP contribution in [-0.4, -0.2) is 19.2 Å². The van der Waals surface area contributed by atoms with Crippen LogP contribution in [0.2, 0.25) is 0 Å². The quantitative estimate of drug-likeness (QED) is 0.832. The Morgan fingerprint density at radius 3 is 2.89 bits per heavy atom. The van der Waals surface area contributed by atoms with Crippen LogP contribution in [0.3, 0.4) is 0 Å². The molecule has 0 spiro atoms. The summed E-state index contributed by atoms with van der Waals surface area (Å²) in [5.74, 6) is 0. The van der Waals surface area contributed by atoms with Crippen molar-refractivity contribution in [3.05, 3.63) is 42.2 Å². The molecular formula is C15H23N3O. The molecule has 0 aliphatic heterocycles. The minimum absolute atomic E-state index is 0.341.